The summed E-state index contributed by atoms with van der Waals surface area (Å²) in [5, 5.41) is 9.98. The van der Waals surface area contributed by atoms with Crippen LogP contribution in [-0.4, -0.2) is 0 Å². The summed E-state index contributed by atoms with van der Waals surface area (Å²) >= 11 is 0. The third kappa shape index (κ3) is 3.25. The van der Waals surface area contributed by atoms with E-state index in [1.54, 1.807) is 0 Å². The molecule has 0 fully saturated rings. The summed E-state index contributed by atoms with van der Waals surface area (Å²) in [5.74, 6) is 0. The first-order valence-corrected chi connectivity index (χ1v) is 14.4. The number of hydrogen-bond donors (Lipinski definition) is 0. The Bertz CT molecular complexity index is 2280. The van der Waals surface area contributed by atoms with Crippen molar-refractivity contribution in [1.82, 2.24) is 0 Å². The largest absolute Gasteiger partial charge is 0.454 e. The van der Waals surface area contributed by atoms with E-state index in [4.69, 9.17) is 4.42 Å². The van der Waals surface area contributed by atoms with Gasteiger partial charge in [-0.2, -0.15) is 0 Å². The molecule has 0 bridgehead atoms. The zero-order valence-electron chi connectivity index (χ0n) is 24.1. The molecule has 0 atom stereocenters. The van der Waals surface area contributed by atoms with E-state index in [-0.39, 0.29) is 0 Å². The van der Waals surface area contributed by atoms with Crippen LogP contribution >= 0.6 is 0 Å². The van der Waals surface area contributed by atoms with E-state index >= 15 is 0 Å². The highest BCUT2D eigenvalue weighted by Crippen LogP contribution is 2.49. The van der Waals surface area contributed by atoms with Gasteiger partial charge in [0.15, 0.2) is 5.58 Å². The van der Waals surface area contributed by atoms with Crippen LogP contribution in [0.4, 0.5) is 17.1 Å². The molecule has 41 heavy (non-hydrogen) atoms. The van der Waals surface area contributed by atoms with Crippen LogP contribution in [-0.2, 0) is 0 Å². The molecule has 8 aromatic rings. The lowest BCUT2D eigenvalue weighted by Crippen LogP contribution is -2.16. The Labute approximate surface area is 239 Å². The first-order chi connectivity index (χ1) is 19.9. The molecule has 0 aliphatic rings. The molecule has 0 amide bonds. The van der Waals surface area contributed by atoms with Crippen molar-refractivity contribution in [2.24, 2.45) is 0 Å². The molecule has 2 heteroatoms. The molecule has 0 saturated carbocycles. The first kappa shape index (κ1) is 24.0. The van der Waals surface area contributed by atoms with Crippen molar-refractivity contribution in [3.8, 4) is 0 Å². The summed E-state index contributed by atoms with van der Waals surface area (Å²) in [6, 6.07) is 35.2. The monoisotopic (exact) mass is 529 g/mol. The van der Waals surface area contributed by atoms with Gasteiger partial charge >= 0.3 is 0 Å². The van der Waals surface area contributed by atoms with Gasteiger partial charge in [0.1, 0.15) is 5.58 Å². The highest BCUT2D eigenvalue weighted by atomic mass is 16.3. The van der Waals surface area contributed by atoms with Crippen LogP contribution in [0.5, 0.6) is 0 Å². The topological polar surface area (TPSA) is 16.4 Å². The van der Waals surface area contributed by atoms with Crippen molar-refractivity contribution in [2.75, 3.05) is 4.90 Å². The third-order valence-electron chi connectivity index (χ3n) is 9.55. The van der Waals surface area contributed by atoms with Crippen LogP contribution in [0, 0.1) is 34.6 Å². The molecular formula is C39H31NO. The lowest BCUT2D eigenvalue weighted by molar-refractivity contribution is 0.669. The van der Waals surface area contributed by atoms with E-state index in [0.717, 1.165) is 33.3 Å². The van der Waals surface area contributed by atoms with Crippen molar-refractivity contribution in [3.05, 3.63) is 125 Å². The van der Waals surface area contributed by atoms with Crippen molar-refractivity contribution < 1.29 is 4.42 Å². The molecular weight excluding hydrogens is 498 g/mol. The molecule has 0 spiro atoms. The van der Waals surface area contributed by atoms with E-state index in [1.807, 2.05) is 6.07 Å². The molecule has 2 nitrogen and oxygen atoms in total. The van der Waals surface area contributed by atoms with E-state index in [0.29, 0.717) is 0 Å². The average Bonchev–Trinajstić information content (AvgIpc) is 3.39. The zero-order valence-corrected chi connectivity index (χ0v) is 24.1. The number of nitrogens with zero attached hydrogens (tertiary/aromatic N) is 1. The summed E-state index contributed by atoms with van der Waals surface area (Å²) in [4.78, 5) is 2.47. The van der Waals surface area contributed by atoms with Gasteiger partial charge in [0.05, 0.1) is 17.1 Å². The maximum Gasteiger partial charge on any atom is 0.159 e. The number of anilines is 3. The number of furan rings is 1. The van der Waals surface area contributed by atoms with Crippen molar-refractivity contribution >= 4 is 71.3 Å². The normalized spacial score (nSPS) is 12.0. The number of rotatable bonds is 3. The predicted octanol–water partition coefficient (Wildman–Crippen LogP) is 11.5. The lowest BCUT2D eigenvalue weighted by atomic mass is 9.90. The SMILES string of the molecule is Cc1c(C)c(C)c(N(c2ccc3ccc4cccc5ccc2c3c45)c2cccc3c2oc2ccccc23)c(C)c1C. The Balaban J connectivity index is 1.55. The van der Waals surface area contributed by atoms with Gasteiger partial charge in [-0.05, 0) is 108 Å². The fourth-order valence-electron chi connectivity index (χ4n) is 7.01. The zero-order chi connectivity index (χ0) is 28.0. The first-order valence-electron chi connectivity index (χ1n) is 14.4. The van der Waals surface area contributed by atoms with Gasteiger partial charge < -0.3 is 9.32 Å². The van der Waals surface area contributed by atoms with Gasteiger partial charge in [-0.15, -0.1) is 0 Å². The van der Waals surface area contributed by atoms with Crippen molar-refractivity contribution in [1.29, 1.82) is 0 Å². The summed E-state index contributed by atoms with van der Waals surface area (Å²) in [6.07, 6.45) is 0. The highest BCUT2D eigenvalue weighted by Gasteiger charge is 2.26. The van der Waals surface area contributed by atoms with Gasteiger partial charge in [0.25, 0.3) is 0 Å². The van der Waals surface area contributed by atoms with Gasteiger partial charge in [-0.1, -0.05) is 78.9 Å². The van der Waals surface area contributed by atoms with Crippen LogP contribution in [0.15, 0.2) is 101 Å². The van der Waals surface area contributed by atoms with Crippen molar-refractivity contribution in [3.63, 3.8) is 0 Å². The number of hydrogen-bond acceptors (Lipinski definition) is 2. The van der Waals surface area contributed by atoms with Gasteiger partial charge in [-0.25, -0.2) is 0 Å². The smallest absolute Gasteiger partial charge is 0.159 e. The minimum Gasteiger partial charge on any atom is -0.454 e. The number of benzene rings is 7. The molecule has 0 aliphatic heterocycles. The molecule has 0 unspecified atom stereocenters. The van der Waals surface area contributed by atoms with Crippen LogP contribution in [0.2, 0.25) is 0 Å². The maximum atomic E-state index is 6.65. The molecule has 1 heterocycles. The molecule has 1 aromatic heterocycles. The Morgan fingerprint density at radius 2 is 1.02 bits per heavy atom. The van der Waals surface area contributed by atoms with E-state index in [1.165, 1.54) is 65.8 Å². The van der Waals surface area contributed by atoms with E-state index in [2.05, 4.69) is 131 Å². The fourth-order valence-corrected chi connectivity index (χ4v) is 7.01. The van der Waals surface area contributed by atoms with E-state index < -0.39 is 0 Å². The maximum absolute atomic E-state index is 6.65. The molecule has 0 radical (unpaired) electrons. The van der Waals surface area contributed by atoms with Crippen LogP contribution in [0.3, 0.4) is 0 Å². The minimum absolute atomic E-state index is 0.911. The molecule has 7 aromatic carbocycles. The van der Waals surface area contributed by atoms with Crippen LogP contribution in [0.1, 0.15) is 27.8 Å². The Morgan fingerprint density at radius 1 is 0.439 bits per heavy atom. The molecule has 0 aliphatic carbocycles. The number of fused-ring (bicyclic) bond motifs is 3. The standard InChI is InChI=1S/C39H31NO/c1-22-23(2)25(4)38(26(5)24(22)3)40(34-14-9-13-31-30-12-6-7-15-35(30)41-39(31)34)33-21-19-29-17-16-27-10-8-11-28-18-20-32(33)37(29)36(27)28/h6-21H,1-5H3. The van der Waals surface area contributed by atoms with Crippen LogP contribution in [0.25, 0.3) is 54.3 Å². The van der Waals surface area contributed by atoms with Gasteiger partial charge in [0.2, 0.25) is 0 Å². The lowest BCUT2D eigenvalue weighted by Gasteiger charge is -2.32. The Kier molecular flexibility index (Phi) is 5.03. The second-order valence-electron chi connectivity index (χ2n) is 11.5. The second kappa shape index (κ2) is 8.59. The van der Waals surface area contributed by atoms with Gasteiger partial charge in [-0.3, -0.25) is 0 Å². The third-order valence-corrected chi connectivity index (χ3v) is 9.55. The molecule has 8 rings (SSSR count). The summed E-state index contributed by atoms with van der Waals surface area (Å²) in [6.45, 7) is 11.3. The molecule has 198 valence electrons. The Hall–Kier alpha value is -4.82. The van der Waals surface area contributed by atoms with E-state index in [9.17, 15) is 0 Å². The average molecular weight is 530 g/mol. The van der Waals surface area contributed by atoms with Gasteiger partial charge in [0, 0.05) is 16.2 Å². The Morgan fingerprint density at radius 3 is 1.78 bits per heavy atom. The minimum atomic E-state index is 0.911. The molecule has 0 saturated heterocycles. The summed E-state index contributed by atoms with van der Waals surface area (Å²) in [5.41, 5.74) is 11.9. The highest BCUT2D eigenvalue weighted by molar-refractivity contribution is 6.26. The van der Waals surface area contributed by atoms with Crippen LogP contribution < -0.4 is 4.90 Å². The summed E-state index contributed by atoms with van der Waals surface area (Å²) < 4.78 is 6.65. The van der Waals surface area contributed by atoms with Crippen molar-refractivity contribution in [2.45, 2.75) is 34.6 Å². The molecule has 0 N–H and O–H groups in total. The summed E-state index contributed by atoms with van der Waals surface area (Å²) in [7, 11) is 0. The number of para-hydroxylation sites is 2. The second-order valence-corrected chi connectivity index (χ2v) is 11.5. The predicted molar refractivity (Wildman–Crippen MR) is 176 cm³/mol. The fraction of sp³-hybridized carbons (Fsp3) is 0.128. The quantitative estimate of drug-likeness (QED) is 0.212.